The van der Waals surface area contributed by atoms with Gasteiger partial charge in [0.1, 0.15) is 54.6 Å². The Labute approximate surface area is 347 Å². The number of aliphatic hydroxyl groups is 5. The summed E-state index contributed by atoms with van der Waals surface area (Å²) in [7, 11) is 4.74. The van der Waals surface area contributed by atoms with Gasteiger partial charge in [-0.25, -0.2) is 0 Å². The molecule has 0 radical (unpaired) electrons. The molecule has 59 heavy (non-hydrogen) atoms. The summed E-state index contributed by atoms with van der Waals surface area (Å²) in [6.45, 7) is 4.65. The minimum Gasteiger partial charge on any atom is -0.394 e. The van der Waals surface area contributed by atoms with Crippen LogP contribution in [0.15, 0.2) is 0 Å². The Kier molecular flexibility index (Phi) is 19.8. The van der Waals surface area contributed by atoms with E-state index >= 15 is 0 Å². The van der Waals surface area contributed by atoms with E-state index in [1.807, 2.05) is 6.92 Å². The van der Waals surface area contributed by atoms with Crippen molar-refractivity contribution in [2.75, 3.05) is 41.0 Å². The predicted molar refractivity (Wildman–Crippen MR) is 210 cm³/mol. The van der Waals surface area contributed by atoms with Crippen LogP contribution in [-0.4, -0.2) is 175 Å². The summed E-state index contributed by atoms with van der Waals surface area (Å²) < 4.78 is 36.7. The number of ketones is 1. The van der Waals surface area contributed by atoms with Gasteiger partial charge in [0.15, 0.2) is 12.6 Å². The van der Waals surface area contributed by atoms with Gasteiger partial charge in [0, 0.05) is 53.4 Å². The van der Waals surface area contributed by atoms with Crippen LogP contribution in [0.4, 0.5) is 0 Å². The zero-order valence-electron chi connectivity index (χ0n) is 35.6. The van der Waals surface area contributed by atoms with Crippen LogP contribution in [0, 0.1) is 17.8 Å². The van der Waals surface area contributed by atoms with Gasteiger partial charge in [0.25, 0.3) is 5.91 Å². The van der Waals surface area contributed by atoms with Gasteiger partial charge in [-0.15, -0.1) is 0 Å². The number of methoxy groups -OCH3 is 1. The molecule has 0 spiro atoms. The molecule has 2 aliphatic heterocycles. The van der Waals surface area contributed by atoms with Crippen LogP contribution in [0.2, 0.25) is 0 Å². The first kappa shape index (κ1) is 49.3. The van der Waals surface area contributed by atoms with E-state index in [0.717, 1.165) is 32.1 Å². The number of nitrogens with one attached hydrogen (secondary N) is 2. The number of nitrogens with zero attached hydrogens (tertiary/aromatic N) is 1. The maximum absolute atomic E-state index is 13.8. The molecule has 4 aliphatic rings. The average molecular weight is 846 g/mol. The number of likely N-dealkylation sites (N-methyl/N-ethyl adjacent to an activating group) is 1. The topological polar surface area (TPSA) is 252 Å². The van der Waals surface area contributed by atoms with Gasteiger partial charge < -0.3 is 69.5 Å². The monoisotopic (exact) mass is 845 g/mol. The fraction of sp³-hybridized carbons (Fsp3) is 0.902. The van der Waals surface area contributed by atoms with E-state index in [0.29, 0.717) is 32.2 Å². The van der Waals surface area contributed by atoms with Gasteiger partial charge in [-0.1, -0.05) is 45.4 Å². The molecule has 15 atom stereocenters. The molecule has 18 nitrogen and oxygen atoms in total. The molecule has 4 rings (SSSR count). The first-order valence-electron chi connectivity index (χ1n) is 21.5. The molecule has 4 fully saturated rings. The third kappa shape index (κ3) is 13.6. The number of amides is 3. The van der Waals surface area contributed by atoms with Crippen molar-refractivity contribution >= 4 is 23.5 Å². The van der Waals surface area contributed by atoms with E-state index in [2.05, 4.69) is 10.6 Å². The molecule has 2 saturated carbocycles. The van der Waals surface area contributed by atoms with Gasteiger partial charge >= 0.3 is 0 Å². The lowest BCUT2D eigenvalue weighted by molar-refractivity contribution is -0.338. The standard InChI is InChI=1S/C41H71N3O15/c1-7-25-19-26(27(47)14-11-16-42-31(48)15-17-54-6)20-28(37(25)59-41-36(52)35(51)33(49)22(2)55-41)57-40-32(43-23(3)46)38(34(50)30(21-45)58-40)56-29(39(53)44(4)5)18-24-12-9-8-10-13-24/h22,24-26,28-30,32-38,40-41,45,49-52H,7-21H2,1-6H3,(H,42,48)(H,43,46)/t22-,25?,26?,28+,29-,30-,32?,33-,34?,35?,36-,37+,38?,40+,41?/m0/s1. The largest absolute Gasteiger partial charge is 0.394 e. The third-order valence-corrected chi connectivity index (χ3v) is 12.3. The lowest BCUT2D eigenvalue weighted by Gasteiger charge is -2.49. The van der Waals surface area contributed by atoms with Crippen LogP contribution in [0.5, 0.6) is 0 Å². The van der Waals surface area contributed by atoms with E-state index in [9.17, 15) is 44.7 Å². The van der Waals surface area contributed by atoms with Crippen molar-refractivity contribution in [2.45, 2.75) is 177 Å². The molecule has 7 unspecified atom stereocenters. The Bertz CT molecular complexity index is 1340. The van der Waals surface area contributed by atoms with Crippen LogP contribution >= 0.6 is 0 Å². The Morgan fingerprint density at radius 1 is 0.881 bits per heavy atom. The summed E-state index contributed by atoms with van der Waals surface area (Å²) in [4.78, 5) is 53.8. The number of aliphatic hydroxyl groups excluding tert-OH is 5. The number of carbonyl (C=O) groups excluding carboxylic acids is 4. The van der Waals surface area contributed by atoms with Crippen molar-refractivity contribution in [1.82, 2.24) is 15.5 Å². The van der Waals surface area contributed by atoms with Crippen molar-refractivity contribution in [1.29, 1.82) is 0 Å². The summed E-state index contributed by atoms with van der Waals surface area (Å²) in [6, 6.07) is -1.21. The Morgan fingerprint density at radius 3 is 2.22 bits per heavy atom. The molecule has 0 aromatic rings. The second-order valence-corrected chi connectivity index (χ2v) is 17.0. The Balaban J connectivity index is 1.65. The van der Waals surface area contributed by atoms with Gasteiger partial charge in [-0.3, -0.25) is 19.2 Å². The molecular weight excluding hydrogens is 774 g/mol. The van der Waals surface area contributed by atoms with Gasteiger partial charge in [0.2, 0.25) is 11.8 Å². The number of Topliss-reactive ketones (excluding diaryl/α,β-unsaturated/α-hetero) is 1. The molecule has 3 amide bonds. The lowest BCUT2D eigenvalue weighted by Crippen LogP contribution is -2.67. The van der Waals surface area contributed by atoms with Crippen LogP contribution < -0.4 is 10.6 Å². The van der Waals surface area contributed by atoms with Crippen LogP contribution in [0.1, 0.15) is 97.8 Å². The fourth-order valence-corrected chi connectivity index (χ4v) is 8.89. The Morgan fingerprint density at radius 2 is 1.59 bits per heavy atom. The number of ether oxygens (including phenoxy) is 6. The van der Waals surface area contributed by atoms with Gasteiger partial charge in [0.05, 0.1) is 31.5 Å². The zero-order chi connectivity index (χ0) is 43.4. The molecule has 7 N–H and O–H groups in total. The molecule has 0 bridgehead atoms. The first-order valence-corrected chi connectivity index (χ1v) is 21.5. The fourth-order valence-electron chi connectivity index (χ4n) is 8.89. The molecule has 0 aromatic heterocycles. The number of carbonyl (C=O) groups is 4. The molecule has 2 aliphatic carbocycles. The van der Waals surface area contributed by atoms with Crippen LogP contribution in [-0.2, 0) is 47.6 Å². The number of rotatable bonds is 20. The SMILES string of the molecule is CCC1CC(C(=O)CCCNC(=O)CCOC)C[C@@H](O[C@@H]2O[C@@H](CO)C(O)C(O[C@@H](CC3CCCCC3)C(=O)N(C)C)C2NC(C)=O)[C@@H]1OC1O[C@@H](C)[C@H](O)C(O)[C@@H]1O. The Hall–Kier alpha value is -2.36. The maximum Gasteiger partial charge on any atom is 0.251 e. The highest BCUT2D eigenvalue weighted by Crippen LogP contribution is 2.40. The van der Waals surface area contributed by atoms with E-state index < -0.39 is 98.1 Å². The highest BCUT2D eigenvalue weighted by molar-refractivity contribution is 5.81. The summed E-state index contributed by atoms with van der Waals surface area (Å²) in [5.41, 5.74) is 0. The van der Waals surface area contributed by atoms with Crippen molar-refractivity contribution in [3.63, 3.8) is 0 Å². The van der Waals surface area contributed by atoms with E-state index in [-0.39, 0.29) is 55.3 Å². The summed E-state index contributed by atoms with van der Waals surface area (Å²) in [5, 5.41) is 59.6. The summed E-state index contributed by atoms with van der Waals surface area (Å²) >= 11 is 0. The van der Waals surface area contributed by atoms with Crippen molar-refractivity contribution < 1.29 is 73.1 Å². The minimum absolute atomic E-state index is 0.0663. The molecule has 0 aromatic carbocycles. The van der Waals surface area contributed by atoms with Gasteiger partial charge in [-0.2, -0.15) is 0 Å². The van der Waals surface area contributed by atoms with Crippen molar-refractivity contribution in [3.8, 4) is 0 Å². The lowest BCUT2D eigenvalue weighted by atomic mass is 9.74. The van der Waals surface area contributed by atoms with E-state index in [4.69, 9.17) is 28.4 Å². The number of hydrogen-bond acceptors (Lipinski definition) is 15. The van der Waals surface area contributed by atoms with E-state index in [1.54, 1.807) is 14.1 Å². The first-order chi connectivity index (χ1) is 28.1. The normalized spacial score (nSPS) is 36.1. The van der Waals surface area contributed by atoms with Crippen molar-refractivity contribution in [2.24, 2.45) is 17.8 Å². The number of hydrogen-bond donors (Lipinski definition) is 7. The van der Waals surface area contributed by atoms with Gasteiger partial charge in [-0.05, 0) is 44.4 Å². The highest BCUT2D eigenvalue weighted by Gasteiger charge is 2.53. The quantitative estimate of drug-likeness (QED) is 0.0792. The van der Waals surface area contributed by atoms with Crippen LogP contribution in [0.3, 0.4) is 0 Å². The second-order valence-electron chi connectivity index (χ2n) is 17.0. The smallest absolute Gasteiger partial charge is 0.251 e. The minimum atomic E-state index is -1.63. The third-order valence-electron chi connectivity index (χ3n) is 12.3. The van der Waals surface area contributed by atoms with Crippen molar-refractivity contribution in [3.05, 3.63) is 0 Å². The maximum atomic E-state index is 13.8. The predicted octanol–water partition coefficient (Wildman–Crippen LogP) is -0.0823. The summed E-state index contributed by atoms with van der Waals surface area (Å²) in [6.07, 6.45) is -7.98. The summed E-state index contributed by atoms with van der Waals surface area (Å²) in [5.74, 6) is -1.77. The van der Waals surface area contributed by atoms with Crippen LogP contribution in [0.25, 0.3) is 0 Å². The molecule has 18 heteroatoms. The molecule has 2 saturated heterocycles. The molecule has 340 valence electrons. The van der Waals surface area contributed by atoms with E-state index in [1.165, 1.54) is 25.9 Å². The highest BCUT2D eigenvalue weighted by atomic mass is 16.7. The second kappa shape index (κ2) is 23.7. The molecule has 2 heterocycles. The molecular formula is C41H71N3O15. The average Bonchev–Trinajstić information content (AvgIpc) is 3.21. The zero-order valence-corrected chi connectivity index (χ0v) is 35.6.